The summed E-state index contributed by atoms with van der Waals surface area (Å²) in [5.74, 6) is 0.690. The maximum Gasteiger partial charge on any atom is 0.0420 e. The number of hydrogen-bond donors (Lipinski definition) is 1. The van der Waals surface area contributed by atoms with Crippen molar-refractivity contribution in [3.05, 3.63) is 63.9 Å². The minimum atomic E-state index is 0.493. The zero-order valence-corrected chi connectivity index (χ0v) is 13.9. The lowest BCUT2D eigenvalue weighted by Gasteiger charge is -2.31. The molecule has 3 heteroatoms. The van der Waals surface area contributed by atoms with Gasteiger partial charge in [0, 0.05) is 28.8 Å². The molecule has 3 rings (SSSR count). The number of aromatic nitrogens is 1. The molecule has 1 N–H and O–H groups in total. The average Bonchev–Trinajstić information content (AvgIpc) is 2.54. The summed E-state index contributed by atoms with van der Waals surface area (Å²) >= 11 is 3.45. The van der Waals surface area contributed by atoms with E-state index in [1.807, 2.05) is 6.20 Å². The minimum Gasteiger partial charge on any atom is -0.316 e. The van der Waals surface area contributed by atoms with Crippen molar-refractivity contribution in [3.8, 4) is 0 Å². The Hall–Kier alpha value is -1.19. The second-order valence-electron chi connectivity index (χ2n) is 5.84. The van der Waals surface area contributed by atoms with Crippen LogP contribution in [0.3, 0.4) is 0 Å². The zero-order valence-electron chi connectivity index (χ0n) is 12.3. The minimum absolute atomic E-state index is 0.493. The number of hydrogen-bond acceptors (Lipinski definition) is 2. The number of likely N-dealkylation sites (N-methyl/N-ethyl adjacent to an activating group) is 1. The summed E-state index contributed by atoms with van der Waals surface area (Å²) in [4.78, 5) is 4.52. The maximum absolute atomic E-state index is 4.52. The van der Waals surface area contributed by atoms with Gasteiger partial charge in [0.15, 0.2) is 0 Å². The fraction of sp³-hybridized carbons (Fsp3) is 0.389. The molecule has 2 aromatic rings. The van der Waals surface area contributed by atoms with Gasteiger partial charge in [0.25, 0.3) is 0 Å². The van der Waals surface area contributed by atoms with Gasteiger partial charge in [-0.05, 0) is 71.4 Å². The molecule has 1 aliphatic rings. The van der Waals surface area contributed by atoms with E-state index in [1.54, 1.807) is 0 Å². The molecule has 21 heavy (non-hydrogen) atoms. The first-order valence-corrected chi connectivity index (χ1v) is 8.40. The van der Waals surface area contributed by atoms with E-state index in [0.29, 0.717) is 12.0 Å². The molecule has 1 aromatic carbocycles. The highest BCUT2D eigenvalue weighted by atomic mass is 79.9. The number of benzene rings is 1. The van der Waals surface area contributed by atoms with Gasteiger partial charge in [-0.2, -0.15) is 0 Å². The Morgan fingerprint density at radius 2 is 2.05 bits per heavy atom. The van der Waals surface area contributed by atoms with E-state index in [-0.39, 0.29) is 0 Å². The molecular weight excluding hydrogens is 324 g/mol. The van der Waals surface area contributed by atoms with Crippen molar-refractivity contribution in [2.24, 2.45) is 5.92 Å². The van der Waals surface area contributed by atoms with Crippen LogP contribution < -0.4 is 5.32 Å². The normalized spacial score (nSPS) is 19.0. The predicted molar refractivity (Wildman–Crippen MR) is 90.4 cm³/mol. The second kappa shape index (κ2) is 6.71. The standard InChI is InChI=1S/C18H21BrN2/c1-20-18(11-17-9-8-16(19)12-21-17)15-7-6-13-4-2-3-5-14(13)10-15/h2-5,8-9,12,15,18,20H,6-7,10-11H2,1H3. The fourth-order valence-electron chi connectivity index (χ4n) is 3.33. The molecule has 0 fully saturated rings. The molecule has 110 valence electrons. The van der Waals surface area contributed by atoms with Crippen LogP contribution in [0.15, 0.2) is 47.1 Å². The molecule has 1 aliphatic carbocycles. The predicted octanol–water partition coefficient (Wildman–Crippen LogP) is 3.78. The zero-order chi connectivity index (χ0) is 14.7. The largest absolute Gasteiger partial charge is 0.316 e. The summed E-state index contributed by atoms with van der Waals surface area (Å²) in [7, 11) is 2.07. The van der Waals surface area contributed by atoms with E-state index in [2.05, 4.69) is 69.7 Å². The third-order valence-corrected chi connectivity index (χ3v) is 5.01. The van der Waals surface area contributed by atoms with E-state index in [0.717, 1.165) is 16.6 Å². The first kappa shape index (κ1) is 14.7. The molecule has 0 saturated carbocycles. The van der Waals surface area contributed by atoms with Gasteiger partial charge >= 0.3 is 0 Å². The summed E-state index contributed by atoms with van der Waals surface area (Å²) in [5.41, 5.74) is 4.22. The van der Waals surface area contributed by atoms with Gasteiger partial charge in [-0.3, -0.25) is 4.98 Å². The summed E-state index contributed by atoms with van der Waals surface area (Å²) in [6, 6.07) is 13.6. The van der Waals surface area contributed by atoms with Gasteiger partial charge in [0.2, 0.25) is 0 Å². The Morgan fingerprint density at radius 1 is 1.24 bits per heavy atom. The van der Waals surface area contributed by atoms with E-state index < -0.39 is 0 Å². The molecule has 0 amide bonds. The number of aryl methyl sites for hydroxylation is 1. The Labute approximate surface area is 135 Å². The SMILES string of the molecule is CNC(Cc1ccc(Br)cn1)C1CCc2ccccc2C1. The van der Waals surface area contributed by atoms with Crippen LogP contribution in [0.25, 0.3) is 0 Å². The molecule has 1 heterocycles. The van der Waals surface area contributed by atoms with Crippen molar-refractivity contribution < 1.29 is 0 Å². The van der Waals surface area contributed by atoms with Gasteiger partial charge in [-0.15, -0.1) is 0 Å². The first-order chi connectivity index (χ1) is 10.3. The fourth-order valence-corrected chi connectivity index (χ4v) is 3.56. The Bertz CT molecular complexity index is 594. The summed E-state index contributed by atoms with van der Waals surface area (Å²) in [6.07, 6.45) is 6.53. The highest BCUT2D eigenvalue weighted by Crippen LogP contribution is 2.28. The highest BCUT2D eigenvalue weighted by Gasteiger charge is 2.25. The van der Waals surface area contributed by atoms with Gasteiger partial charge in [-0.25, -0.2) is 0 Å². The maximum atomic E-state index is 4.52. The van der Waals surface area contributed by atoms with Gasteiger partial charge in [0.1, 0.15) is 0 Å². The summed E-state index contributed by atoms with van der Waals surface area (Å²) in [5, 5.41) is 3.51. The van der Waals surface area contributed by atoms with E-state index in [9.17, 15) is 0 Å². The smallest absolute Gasteiger partial charge is 0.0420 e. The van der Waals surface area contributed by atoms with E-state index >= 15 is 0 Å². The van der Waals surface area contributed by atoms with Crippen LogP contribution in [0, 0.1) is 5.92 Å². The third-order valence-electron chi connectivity index (χ3n) is 4.54. The van der Waals surface area contributed by atoms with Crippen LogP contribution >= 0.6 is 15.9 Å². The molecule has 0 spiro atoms. The van der Waals surface area contributed by atoms with Crippen molar-refractivity contribution in [1.82, 2.24) is 10.3 Å². The number of rotatable bonds is 4. The number of nitrogens with zero attached hydrogens (tertiary/aromatic N) is 1. The van der Waals surface area contributed by atoms with E-state index in [1.165, 1.54) is 30.4 Å². The van der Waals surface area contributed by atoms with Crippen molar-refractivity contribution in [1.29, 1.82) is 0 Å². The lowest BCUT2D eigenvalue weighted by Crippen LogP contribution is -2.38. The summed E-state index contributed by atoms with van der Waals surface area (Å²) < 4.78 is 1.04. The van der Waals surface area contributed by atoms with Gasteiger partial charge in [0.05, 0.1) is 0 Å². The van der Waals surface area contributed by atoms with Crippen LogP contribution in [-0.2, 0) is 19.3 Å². The van der Waals surface area contributed by atoms with Crippen LogP contribution in [0.1, 0.15) is 23.2 Å². The lowest BCUT2D eigenvalue weighted by molar-refractivity contribution is 0.331. The van der Waals surface area contributed by atoms with Gasteiger partial charge in [-0.1, -0.05) is 24.3 Å². The van der Waals surface area contributed by atoms with Crippen LogP contribution in [0.5, 0.6) is 0 Å². The van der Waals surface area contributed by atoms with Crippen LogP contribution in [-0.4, -0.2) is 18.1 Å². The summed E-state index contributed by atoms with van der Waals surface area (Å²) in [6.45, 7) is 0. The number of halogens is 1. The molecule has 2 nitrogen and oxygen atoms in total. The number of nitrogens with one attached hydrogen (secondary N) is 1. The number of pyridine rings is 1. The quantitative estimate of drug-likeness (QED) is 0.912. The topological polar surface area (TPSA) is 24.9 Å². The first-order valence-electron chi connectivity index (χ1n) is 7.60. The van der Waals surface area contributed by atoms with Crippen molar-refractivity contribution >= 4 is 15.9 Å². The molecule has 2 unspecified atom stereocenters. The highest BCUT2D eigenvalue weighted by molar-refractivity contribution is 9.10. The third kappa shape index (κ3) is 3.53. The van der Waals surface area contributed by atoms with Crippen molar-refractivity contribution in [2.75, 3.05) is 7.05 Å². The molecule has 0 bridgehead atoms. The molecule has 2 atom stereocenters. The number of fused-ring (bicyclic) bond motifs is 1. The Kier molecular flexibility index (Phi) is 4.71. The second-order valence-corrected chi connectivity index (χ2v) is 6.75. The molecule has 1 aromatic heterocycles. The van der Waals surface area contributed by atoms with Crippen LogP contribution in [0.4, 0.5) is 0 Å². The molecular formula is C18H21BrN2. The van der Waals surface area contributed by atoms with E-state index in [4.69, 9.17) is 0 Å². The molecule has 0 saturated heterocycles. The molecule has 0 radical (unpaired) electrons. The molecule has 0 aliphatic heterocycles. The average molecular weight is 345 g/mol. The Morgan fingerprint density at radius 3 is 2.76 bits per heavy atom. The monoisotopic (exact) mass is 344 g/mol. The Balaban J connectivity index is 1.71. The van der Waals surface area contributed by atoms with Crippen LogP contribution in [0.2, 0.25) is 0 Å². The lowest BCUT2D eigenvalue weighted by atomic mass is 9.79. The van der Waals surface area contributed by atoms with Gasteiger partial charge < -0.3 is 5.32 Å². The van der Waals surface area contributed by atoms with Crippen molar-refractivity contribution in [3.63, 3.8) is 0 Å². The van der Waals surface area contributed by atoms with Crippen molar-refractivity contribution in [2.45, 2.75) is 31.7 Å².